The van der Waals surface area contributed by atoms with Gasteiger partial charge in [-0.25, -0.2) is 8.42 Å². The van der Waals surface area contributed by atoms with Crippen molar-refractivity contribution in [2.24, 2.45) is 0 Å². The van der Waals surface area contributed by atoms with E-state index in [4.69, 9.17) is 11.6 Å². The number of nitrogens with zero attached hydrogens (tertiary/aromatic N) is 1. The minimum Gasteiger partial charge on any atom is -0.262 e. The SMILES string of the molecule is Cc1cc(S(=O)(=O)C(C)CCl)ccn1. The van der Waals surface area contributed by atoms with Gasteiger partial charge in [0.2, 0.25) is 0 Å². The predicted octanol–water partition coefficient (Wildman–Crippen LogP) is 1.79. The van der Waals surface area contributed by atoms with Gasteiger partial charge in [-0.2, -0.15) is 0 Å². The number of alkyl halides is 1. The Labute approximate surface area is 89.0 Å². The Morgan fingerprint density at radius 3 is 2.71 bits per heavy atom. The number of hydrogen-bond acceptors (Lipinski definition) is 3. The Morgan fingerprint density at radius 1 is 1.57 bits per heavy atom. The molecule has 1 rings (SSSR count). The summed E-state index contributed by atoms with van der Waals surface area (Å²) >= 11 is 5.53. The number of hydrogen-bond donors (Lipinski definition) is 0. The first-order valence-electron chi connectivity index (χ1n) is 4.21. The Morgan fingerprint density at radius 2 is 2.21 bits per heavy atom. The first-order valence-corrected chi connectivity index (χ1v) is 6.29. The van der Waals surface area contributed by atoms with E-state index in [1.807, 2.05) is 0 Å². The molecule has 5 heteroatoms. The molecule has 0 bridgehead atoms. The molecule has 0 fully saturated rings. The van der Waals surface area contributed by atoms with E-state index in [9.17, 15) is 8.42 Å². The highest BCUT2D eigenvalue weighted by Crippen LogP contribution is 2.16. The maximum atomic E-state index is 11.8. The van der Waals surface area contributed by atoms with Crippen molar-refractivity contribution in [1.29, 1.82) is 0 Å². The zero-order valence-electron chi connectivity index (χ0n) is 8.07. The average Bonchev–Trinajstić information content (AvgIpc) is 2.16. The van der Waals surface area contributed by atoms with Crippen LogP contribution in [-0.4, -0.2) is 24.5 Å². The molecule has 0 aromatic carbocycles. The van der Waals surface area contributed by atoms with Gasteiger partial charge in [0, 0.05) is 17.8 Å². The monoisotopic (exact) mass is 233 g/mol. The van der Waals surface area contributed by atoms with Gasteiger partial charge in [-0.1, -0.05) is 0 Å². The normalized spacial score (nSPS) is 13.9. The third kappa shape index (κ3) is 2.25. The van der Waals surface area contributed by atoms with E-state index in [2.05, 4.69) is 4.98 Å². The van der Waals surface area contributed by atoms with Crippen molar-refractivity contribution < 1.29 is 8.42 Å². The van der Waals surface area contributed by atoms with E-state index in [-0.39, 0.29) is 10.8 Å². The van der Waals surface area contributed by atoms with Crippen LogP contribution in [0.25, 0.3) is 0 Å². The van der Waals surface area contributed by atoms with Gasteiger partial charge in [-0.05, 0) is 26.0 Å². The number of aromatic nitrogens is 1. The molecule has 0 radical (unpaired) electrons. The predicted molar refractivity (Wildman–Crippen MR) is 56.3 cm³/mol. The highest BCUT2D eigenvalue weighted by atomic mass is 35.5. The second-order valence-electron chi connectivity index (χ2n) is 3.14. The number of sulfone groups is 1. The number of aryl methyl sites for hydroxylation is 1. The molecular weight excluding hydrogens is 222 g/mol. The molecule has 1 heterocycles. The van der Waals surface area contributed by atoms with Crippen LogP contribution < -0.4 is 0 Å². The Bertz CT molecular complexity index is 417. The van der Waals surface area contributed by atoms with E-state index in [0.717, 1.165) is 0 Å². The van der Waals surface area contributed by atoms with Crippen molar-refractivity contribution in [2.75, 3.05) is 5.88 Å². The minimum atomic E-state index is -3.28. The van der Waals surface area contributed by atoms with E-state index in [1.54, 1.807) is 19.9 Å². The van der Waals surface area contributed by atoms with Gasteiger partial charge in [0.25, 0.3) is 0 Å². The third-order valence-electron chi connectivity index (χ3n) is 1.94. The summed E-state index contributed by atoms with van der Waals surface area (Å²) in [7, 11) is -3.28. The Balaban J connectivity index is 3.17. The molecule has 0 amide bonds. The van der Waals surface area contributed by atoms with Crippen molar-refractivity contribution >= 4 is 21.4 Å². The quantitative estimate of drug-likeness (QED) is 0.748. The summed E-state index contributed by atoms with van der Waals surface area (Å²) in [6.45, 7) is 3.35. The van der Waals surface area contributed by atoms with Crippen molar-refractivity contribution in [3.8, 4) is 0 Å². The molecule has 3 nitrogen and oxygen atoms in total. The molecule has 1 atom stereocenters. The summed E-state index contributed by atoms with van der Waals surface area (Å²) in [5.41, 5.74) is 0.688. The lowest BCUT2D eigenvalue weighted by Crippen LogP contribution is -2.19. The highest BCUT2D eigenvalue weighted by molar-refractivity contribution is 7.92. The standard InChI is InChI=1S/C9H12ClNO2S/c1-7-5-9(3-4-11-7)14(12,13)8(2)6-10/h3-5,8H,6H2,1-2H3. The minimum absolute atomic E-state index is 0.101. The lowest BCUT2D eigenvalue weighted by molar-refractivity contribution is 0.587. The maximum Gasteiger partial charge on any atom is 0.182 e. The van der Waals surface area contributed by atoms with Gasteiger partial charge in [0.1, 0.15) is 0 Å². The van der Waals surface area contributed by atoms with Crippen LogP contribution in [0.2, 0.25) is 0 Å². The van der Waals surface area contributed by atoms with E-state index in [0.29, 0.717) is 5.69 Å². The molecule has 0 aliphatic heterocycles. The fourth-order valence-electron chi connectivity index (χ4n) is 1.01. The number of pyridine rings is 1. The summed E-state index contributed by atoms with van der Waals surface area (Å²) in [5.74, 6) is 0.101. The van der Waals surface area contributed by atoms with Gasteiger partial charge in [0.15, 0.2) is 9.84 Å². The van der Waals surface area contributed by atoms with Gasteiger partial charge < -0.3 is 0 Å². The largest absolute Gasteiger partial charge is 0.262 e. The number of rotatable bonds is 3. The van der Waals surface area contributed by atoms with Crippen molar-refractivity contribution in [2.45, 2.75) is 24.0 Å². The fraction of sp³-hybridized carbons (Fsp3) is 0.444. The Hall–Kier alpha value is -0.610. The van der Waals surface area contributed by atoms with Crippen molar-refractivity contribution in [1.82, 2.24) is 4.98 Å². The van der Waals surface area contributed by atoms with Crippen LogP contribution in [0.1, 0.15) is 12.6 Å². The van der Waals surface area contributed by atoms with Crippen LogP contribution in [0.5, 0.6) is 0 Å². The average molecular weight is 234 g/mol. The fourth-order valence-corrected chi connectivity index (χ4v) is 2.73. The summed E-state index contributed by atoms with van der Waals surface area (Å²) in [6.07, 6.45) is 1.49. The Kier molecular flexibility index (Phi) is 3.50. The number of halogens is 1. The zero-order chi connectivity index (χ0) is 10.8. The maximum absolute atomic E-state index is 11.8. The molecule has 14 heavy (non-hydrogen) atoms. The van der Waals surface area contributed by atoms with Gasteiger partial charge >= 0.3 is 0 Å². The molecule has 0 aliphatic rings. The molecule has 0 N–H and O–H groups in total. The zero-order valence-corrected chi connectivity index (χ0v) is 9.64. The summed E-state index contributed by atoms with van der Waals surface area (Å²) in [5, 5.41) is -0.564. The van der Waals surface area contributed by atoms with Gasteiger partial charge in [0.05, 0.1) is 10.1 Å². The van der Waals surface area contributed by atoms with Crippen LogP contribution in [0, 0.1) is 6.92 Å². The molecule has 0 saturated heterocycles. The van der Waals surface area contributed by atoms with Gasteiger partial charge in [-0.15, -0.1) is 11.6 Å². The van der Waals surface area contributed by atoms with Gasteiger partial charge in [-0.3, -0.25) is 4.98 Å². The first-order chi connectivity index (χ1) is 6.48. The van der Waals surface area contributed by atoms with Crippen LogP contribution in [0.15, 0.2) is 23.2 Å². The summed E-state index contributed by atoms with van der Waals surface area (Å²) in [6, 6.07) is 3.05. The molecule has 1 unspecified atom stereocenters. The summed E-state index contributed by atoms with van der Waals surface area (Å²) in [4.78, 5) is 4.23. The molecule has 1 aromatic heterocycles. The smallest absolute Gasteiger partial charge is 0.182 e. The van der Waals surface area contributed by atoms with E-state index in [1.165, 1.54) is 12.3 Å². The van der Waals surface area contributed by atoms with E-state index < -0.39 is 15.1 Å². The second-order valence-corrected chi connectivity index (χ2v) is 5.82. The summed E-state index contributed by atoms with van der Waals surface area (Å²) < 4.78 is 23.6. The first kappa shape index (κ1) is 11.5. The van der Waals surface area contributed by atoms with Crippen LogP contribution in [0.4, 0.5) is 0 Å². The topological polar surface area (TPSA) is 47.0 Å². The van der Waals surface area contributed by atoms with Crippen LogP contribution in [-0.2, 0) is 9.84 Å². The van der Waals surface area contributed by atoms with Crippen molar-refractivity contribution in [3.05, 3.63) is 24.0 Å². The molecule has 1 aromatic rings. The molecule has 78 valence electrons. The lowest BCUT2D eigenvalue weighted by atomic mass is 10.4. The molecule has 0 aliphatic carbocycles. The van der Waals surface area contributed by atoms with Crippen molar-refractivity contribution in [3.63, 3.8) is 0 Å². The molecular formula is C9H12ClNO2S. The van der Waals surface area contributed by atoms with Crippen LogP contribution >= 0.6 is 11.6 Å². The lowest BCUT2D eigenvalue weighted by Gasteiger charge is -2.09. The molecule has 0 saturated carbocycles. The third-order valence-corrected chi connectivity index (χ3v) is 4.73. The van der Waals surface area contributed by atoms with E-state index >= 15 is 0 Å². The van der Waals surface area contributed by atoms with Crippen LogP contribution in [0.3, 0.4) is 0 Å². The highest BCUT2D eigenvalue weighted by Gasteiger charge is 2.22. The molecule has 0 spiro atoms. The second kappa shape index (κ2) is 4.28.